The first kappa shape index (κ1) is 31.9. The number of hydrogen-bond donors (Lipinski definition) is 0. The smallest absolute Gasteiger partial charge is 0.147 e. The maximum Gasteiger partial charge on any atom is 0.147 e. The number of carbonyl (C=O) groups is 2. The fourth-order valence-corrected chi connectivity index (χ4v) is 6.01. The van der Waals surface area contributed by atoms with Crippen LogP contribution in [0.5, 0.6) is 11.5 Å². The van der Waals surface area contributed by atoms with E-state index in [1.807, 2.05) is 52.0 Å². The number of methoxy groups -OCH3 is 2. The number of hydrogen-bond acceptors (Lipinski definition) is 7. The molecule has 0 aliphatic carbocycles. The summed E-state index contributed by atoms with van der Waals surface area (Å²) in [5, 5.41) is 0.988. The average Bonchev–Trinajstić information content (AvgIpc) is 3.45. The van der Waals surface area contributed by atoms with Crippen molar-refractivity contribution in [1.82, 2.24) is 9.97 Å². The molecule has 0 radical (unpaired) electrons. The highest BCUT2D eigenvalue weighted by atomic mass is 16.5. The highest BCUT2D eigenvalue weighted by Gasteiger charge is 2.46. The Balaban J connectivity index is 1.83. The zero-order valence-electron chi connectivity index (χ0n) is 26.8. The first-order chi connectivity index (χ1) is 20.5. The molecule has 0 spiro atoms. The van der Waals surface area contributed by atoms with Crippen LogP contribution in [-0.4, -0.2) is 35.8 Å². The summed E-state index contributed by atoms with van der Waals surface area (Å²) in [6.45, 7) is 12.0. The van der Waals surface area contributed by atoms with Crippen LogP contribution in [0.25, 0.3) is 11.0 Å². The number of aryl methyl sites for hydroxylation is 3. The molecule has 7 heteroatoms. The van der Waals surface area contributed by atoms with E-state index in [0.717, 1.165) is 50.3 Å². The lowest BCUT2D eigenvalue weighted by molar-refractivity contribution is -0.141. The van der Waals surface area contributed by atoms with E-state index in [1.165, 1.54) is 0 Å². The molecular formula is C36H44N2O5. The third-order valence-electron chi connectivity index (χ3n) is 8.61. The molecule has 0 N–H and O–H groups in total. The second-order valence-corrected chi connectivity index (χ2v) is 12.1. The molecule has 0 saturated heterocycles. The van der Waals surface area contributed by atoms with Crippen LogP contribution in [0.1, 0.15) is 72.3 Å². The first-order valence-electron chi connectivity index (χ1n) is 15.0. The number of ether oxygens (including phenoxy) is 2. The molecule has 0 unspecified atom stereocenters. The van der Waals surface area contributed by atoms with Crippen molar-refractivity contribution < 1.29 is 23.5 Å². The lowest BCUT2D eigenvalue weighted by atomic mass is 9.68. The van der Waals surface area contributed by atoms with E-state index in [-0.39, 0.29) is 30.8 Å². The third-order valence-corrected chi connectivity index (χ3v) is 8.61. The van der Waals surface area contributed by atoms with Gasteiger partial charge < -0.3 is 13.9 Å². The Morgan fingerprint density at radius 3 is 1.93 bits per heavy atom. The van der Waals surface area contributed by atoms with Crippen molar-refractivity contribution in [2.75, 3.05) is 14.2 Å². The number of nitrogens with zero attached hydrogens (tertiary/aromatic N) is 2. The number of Topliss-reactive ketones (excluding diaryl/α,β-unsaturated/α-hetero) is 2. The van der Waals surface area contributed by atoms with Crippen LogP contribution >= 0.6 is 0 Å². The summed E-state index contributed by atoms with van der Waals surface area (Å²) in [7, 11) is 3.27. The molecule has 43 heavy (non-hydrogen) atoms. The highest BCUT2D eigenvalue weighted by Crippen LogP contribution is 2.38. The summed E-state index contributed by atoms with van der Waals surface area (Å²) in [5.74, 6) is 1.59. The predicted octanol–water partition coefficient (Wildman–Crippen LogP) is 7.45. The Hall–Kier alpha value is -4.00. The summed E-state index contributed by atoms with van der Waals surface area (Å²) < 4.78 is 16.9. The lowest BCUT2D eigenvalue weighted by Gasteiger charge is -2.33. The Morgan fingerprint density at radius 1 is 0.837 bits per heavy atom. The van der Waals surface area contributed by atoms with Crippen molar-refractivity contribution in [2.24, 2.45) is 11.3 Å². The quantitative estimate of drug-likeness (QED) is 0.142. The molecule has 0 aliphatic heterocycles. The van der Waals surface area contributed by atoms with E-state index in [2.05, 4.69) is 13.8 Å². The van der Waals surface area contributed by atoms with Crippen LogP contribution in [0.4, 0.5) is 0 Å². The molecule has 0 aliphatic rings. The lowest BCUT2D eigenvalue weighted by Crippen LogP contribution is -2.44. The van der Waals surface area contributed by atoms with E-state index < -0.39 is 5.41 Å². The Kier molecular flexibility index (Phi) is 10.0. The van der Waals surface area contributed by atoms with Crippen molar-refractivity contribution in [1.29, 1.82) is 0 Å². The molecule has 228 valence electrons. The van der Waals surface area contributed by atoms with Crippen molar-refractivity contribution >= 4 is 22.5 Å². The van der Waals surface area contributed by atoms with Crippen molar-refractivity contribution in [3.8, 4) is 11.5 Å². The highest BCUT2D eigenvalue weighted by molar-refractivity contribution is 6.07. The van der Waals surface area contributed by atoms with Crippen molar-refractivity contribution in [2.45, 2.75) is 80.1 Å². The fraction of sp³-hybridized carbons (Fsp3) is 0.444. The maximum atomic E-state index is 14.7. The van der Waals surface area contributed by atoms with Crippen LogP contribution in [0.2, 0.25) is 0 Å². The number of furan rings is 1. The largest absolute Gasteiger partial charge is 0.496 e. The van der Waals surface area contributed by atoms with Gasteiger partial charge in [0, 0.05) is 77.1 Å². The standard InChI is InChI=1S/C36H44N2O5/c1-22(2)9-13-32(39)36(18-29-25(5)34(41-7)23(3)20-37-29,19-30-26(6)35(42-8)24(4)21-38-30)33(40)14-11-27-10-12-31-28(17-27)15-16-43-31/h10,12,15-17,20-22H,9,11,13-14,18-19H2,1-8H3. The molecule has 0 fully saturated rings. The van der Waals surface area contributed by atoms with Gasteiger partial charge in [-0.2, -0.15) is 0 Å². The average molecular weight is 585 g/mol. The summed E-state index contributed by atoms with van der Waals surface area (Å²) in [4.78, 5) is 38.6. The Morgan fingerprint density at radius 2 is 1.40 bits per heavy atom. The van der Waals surface area contributed by atoms with Crippen LogP contribution in [0, 0.1) is 39.0 Å². The summed E-state index contributed by atoms with van der Waals surface area (Å²) >= 11 is 0. The molecule has 0 saturated carbocycles. The molecule has 3 heterocycles. The third kappa shape index (κ3) is 6.82. The van der Waals surface area contributed by atoms with Gasteiger partial charge in [0.25, 0.3) is 0 Å². The van der Waals surface area contributed by atoms with Crippen LogP contribution in [0.3, 0.4) is 0 Å². The molecule has 4 aromatic rings. The molecule has 0 bridgehead atoms. The van der Waals surface area contributed by atoms with Crippen LogP contribution in [-0.2, 0) is 28.9 Å². The van der Waals surface area contributed by atoms with E-state index >= 15 is 0 Å². The monoisotopic (exact) mass is 584 g/mol. The van der Waals surface area contributed by atoms with Gasteiger partial charge in [0.05, 0.1) is 25.9 Å². The number of carbonyl (C=O) groups excluding carboxylic acids is 2. The molecule has 3 aromatic heterocycles. The van der Waals surface area contributed by atoms with Crippen molar-refractivity contribution in [3.05, 3.63) is 82.1 Å². The number of ketones is 2. The minimum atomic E-state index is -1.36. The minimum absolute atomic E-state index is 0.0713. The van der Waals surface area contributed by atoms with Crippen LogP contribution < -0.4 is 9.47 Å². The minimum Gasteiger partial charge on any atom is -0.496 e. The van der Waals surface area contributed by atoms with E-state index in [9.17, 15) is 9.59 Å². The Labute approximate surface area is 255 Å². The fourth-order valence-electron chi connectivity index (χ4n) is 6.01. The second-order valence-electron chi connectivity index (χ2n) is 12.1. The van der Waals surface area contributed by atoms with Crippen molar-refractivity contribution in [3.63, 3.8) is 0 Å². The molecule has 4 rings (SSSR count). The summed E-state index contributed by atoms with van der Waals surface area (Å²) in [6, 6.07) is 7.86. The van der Waals surface area contributed by atoms with E-state index in [1.54, 1.807) is 32.9 Å². The summed E-state index contributed by atoms with van der Waals surface area (Å²) in [6.07, 6.45) is 7.22. The topological polar surface area (TPSA) is 91.5 Å². The zero-order valence-corrected chi connectivity index (χ0v) is 26.8. The van der Waals surface area contributed by atoms with Gasteiger partial charge in [-0.15, -0.1) is 0 Å². The van der Waals surface area contributed by atoms with Crippen LogP contribution in [0.15, 0.2) is 47.3 Å². The maximum absolute atomic E-state index is 14.7. The van der Waals surface area contributed by atoms with Gasteiger partial charge in [0.2, 0.25) is 0 Å². The van der Waals surface area contributed by atoms with Gasteiger partial charge in [0.1, 0.15) is 28.6 Å². The SMILES string of the molecule is COc1c(C)cnc(CC(Cc2ncc(C)c(OC)c2C)(C(=O)CCc2ccc3occc3c2)C(=O)CCC(C)C)c1C. The zero-order chi connectivity index (χ0) is 31.3. The molecule has 0 atom stereocenters. The van der Waals surface area contributed by atoms with Gasteiger partial charge in [-0.1, -0.05) is 19.9 Å². The predicted molar refractivity (Wildman–Crippen MR) is 169 cm³/mol. The van der Waals surface area contributed by atoms with Gasteiger partial charge >= 0.3 is 0 Å². The molecule has 1 aromatic carbocycles. The first-order valence-corrected chi connectivity index (χ1v) is 15.0. The number of rotatable bonds is 14. The van der Waals surface area contributed by atoms with E-state index in [0.29, 0.717) is 36.6 Å². The van der Waals surface area contributed by atoms with Gasteiger partial charge in [0.15, 0.2) is 0 Å². The Bertz CT molecular complexity index is 1560. The van der Waals surface area contributed by atoms with Gasteiger partial charge in [-0.05, 0) is 70.2 Å². The number of benzene rings is 1. The van der Waals surface area contributed by atoms with E-state index in [4.69, 9.17) is 23.9 Å². The number of pyridine rings is 2. The molecule has 0 amide bonds. The summed E-state index contributed by atoms with van der Waals surface area (Å²) in [5.41, 5.74) is 5.33. The second kappa shape index (κ2) is 13.5. The number of aromatic nitrogens is 2. The number of fused-ring (bicyclic) bond motifs is 1. The normalized spacial score (nSPS) is 11.7. The molecular weight excluding hydrogens is 540 g/mol. The molecule has 7 nitrogen and oxygen atoms in total. The van der Waals surface area contributed by atoms with Gasteiger partial charge in [-0.25, -0.2) is 0 Å². The van der Waals surface area contributed by atoms with Gasteiger partial charge in [-0.3, -0.25) is 19.6 Å².